The van der Waals surface area contributed by atoms with Crippen LogP contribution < -0.4 is 16.4 Å². The van der Waals surface area contributed by atoms with Crippen LogP contribution in [0.2, 0.25) is 0 Å². The molecule has 0 aromatic rings. The molecule has 1 saturated carbocycles. The van der Waals surface area contributed by atoms with Crippen molar-refractivity contribution < 1.29 is 14.4 Å². The van der Waals surface area contributed by atoms with E-state index in [1.165, 1.54) is 0 Å². The molecule has 0 aromatic heterocycles. The van der Waals surface area contributed by atoms with Crippen molar-refractivity contribution in [1.29, 1.82) is 0 Å². The molecule has 8 heteroatoms. The lowest BCUT2D eigenvalue weighted by atomic mass is 9.79. The second-order valence-corrected chi connectivity index (χ2v) is 7.32. The van der Waals surface area contributed by atoms with Crippen LogP contribution in [0.15, 0.2) is 0 Å². The van der Waals surface area contributed by atoms with Crippen LogP contribution in [0, 0.1) is 11.8 Å². The second kappa shape index (κ2) is 7.27. The first-order valence-corrected chi connectivity index (χ1v) is 8.57. The van der Waals surface area contributed by atoms with Crippen LogP contribution in [0.1, 0.15) is 45.4 Å². The molecular formula is C16H27ClN4O3. The fourth-order valence-electron chi connectivity index (χ4n) is 4.22. The maximum absolute atomic E-state index is 12.4. The summed E-state index contributed by atoms with van der Waals surface area (Å²) in [6.45, 7) is 3.06. The quantitative estimate of drug-likeness (QED) is 0.648. The van der Waals surface area contributed by atoms with E-state index in [0.717, 1.165) is 32.1 Å². The van der Waals surface area contributed by atoms with Crippen molar-refractivity contribution in [2.24, 2.45) is 17.6 Å². The highest BCUT2D eigenvalue weighted by atomic mass is 35.5. The van der Waals surface area contributed by atoms with Gasteiger partial charge in [-0.15, -0.1) is 12.4 Å². The number of carbonyl (C=O) groups is 3. The van der Waals surface area contributed by atoms with Gasteiger partial charge in [0.05, 0.1) is 0 Å². The third-order valence-electron chi connectivity index (χ3n) is 5.89. The number of nitrogens with zero attached hydrogens (tertiary/aromatic N) is 1. The molecule has 24 heavy (non-hydrogen) atoms. The Hall–Kier alpha value is -1.34. The summed E-state index contributed by atoms with van der Waals surface area (Å²) in [6, 6.07) is -0.265. The summed E-state index contributed by atoms with van der Waals surface area (Å²) in [5.41, 5.74) is 5.20. The molecule has 1 aliphatic carbocycles. The fraction of sp³-hybridized carbons (Fsp3) is 0.812. The van der Waals surface area contributed by atoms with Gasteiger partial charge >= 0.3 is 6.03 Å². The lowest BCUT2D eigenvalue weighted by Crippen LogP contribution is -2.54. The molecule has 2 saturated heterocycles. The lowest BCUT2D eigenvalue weighted by Gasteiger charge is -2.39. The zero-order valence-corrected chi connectivity index (χ0v) is 14.9. The molecule has 2 heterocycles. The highest BCUT2D eigenvalue weighted by Crippen LogP contribution is 2.32. The smallest absolute Gasteiger partial charge is 0.322 e. The van der Waals surface area contributed by atoms with E-state index >= 15 is 0 Å². The average molecular weight is 359 g/mol. The van der Waals surface area contributed by atoms with Crippen molar-refractivity contribution >= 4 is 30.3 Å². The first-order valence-electron chi connectivity index (χ1n) is 8.57. The Bertz CT molecular complexity index is 521. The molecule has 3 atom stereocenters. The number of hydrogen-bond acceptors (Lipinski definition) is 4. The van der Waals surface area contributed by atoms with Crippen molar-refractivity contribution in [3.05, 3.63) is 0 Å². The van der Waals surface area contributed by atoms with Crippen molar-refractivity contribution in [2.75, 3.05) is 13.1 Å². The minimum Gasteiger partial charge on any atom is -0.343 e. The summed E-state index contributed by atoms with van der Waals surface area (Å²) >= 11 is 0. The Morgan fingerprint density at radius 3 is 2.42 bits per heavy atom. The van der Waals surface area contributed by atoms with E-state index in [9.17, 15) is 14.4 Å². The summed E-state index contributed by atoms with van der Waals surface area (Å²) in [5.74, 6) is 0.296. The minimum absolute atomic E-state index is 0. The lowest BCUT2D eigenvalue weighted by molar-refractivity contribution is -0.134. The van der Waals surface area contributed by atoms with E-state index in [1.54, 1.807) is 6.92 Å². The van der Waals surface area contributed by atoms with Gasteiger partial charge in [0.15, 0.2) is 0 Å². The van der Waals surface area contributed by atoms with Crippen molar-refractivity contribution in [3.8, 4) is 0 Å². The van der Waals surface area contributed by atoms with Crippen LogP contribution in [0.25, 0.3) is 0 Å². The van der Waals surface area contributed by atoms with E-state index in [1.807, 2.05) is 4.90 Å². The zero-order chi connectivity index (χ0) is 16.6. The maximum atomic E-state index is 12.4. The summed E-state index contributed by atoms with van der Waals surface area (Å²) in [4.78, 5) is 37.7. The van der Waals surface area contributed by atoms with Gasteiger partial charge in [-0.25, -0.2) is 4.79 Å². The Morgan fingerprint density at radius 1 is 1.25 bits per heavy atom. The largest absolute Gasteiger partial charge is 0.343 e. The topological polar surface area (TPSA) is 105 Å². The van der Waals surface area contributed by atoms with Crippen molar-refractivity contribution in [2.45, 2.75) is 57.0 Å². The third kappa shape index (κ3) is 3.52. The molecular weight excluding hydrogens is 332 g/mol. The molecule has 1 unspecified atom stereocenters. The molecule has 3 aliphatic rings. The summed E-state index contributed by atoms with van der Waals surface area (Å²) < 4.78 is 0. The minimum atomic E-state index is -0.847. The summed E-state index contributed by atoms with van der Waals surface area (Å²) in [7, 11) is 0. The average Bonchev–Trinajstić information content (AvgIpc) is 3.03. The molecule has 4 amide bonds. The molecule has 2 aliphatic heterocycles. The van der Waals surface area contributed by atoms with Crippen molar-refractivity contribution in [1.82, 2.24) is 15.5 Å². The van der Waals surface area contributed by atoms with Gasteiger partial charge in [0.25, 0.3) is 5.91 Å². The van der Waals surface area contributed by atoms with Crippen LogP contribution >= 0.6 is 12.4 Å². The third-order valence-corrected chi connectivity index (χ3v) is 5.89. The number of nitrogens with one attached hydrogen (secondary N) is 2. The van der Waals surface area contributed by atoms with E-state index in [0.29, 0.717) is 25.4 Å². The zero-order valence-electron chi connectivity index (χ0n) is 14.0. The number of rotatable bonds is 3. The maximum Gasteiger partial charge on any atom is 0.322 e. The van der Waals surface area contributed by atoms with Gasteiger partial charge in [-0.1, -0.05) is 6.42 Å². The van der Waals surface area contributed by atoms with E-state index in [4.69, 9.17) is 5.73 Å². The van der Waals surface area contributed by atoms with Crippen LogP contribution in [0.5, 0.6) is 0 Å². The molecule has 3 fully saturated rings. The molecule has 136 valence electrons. The Balaban J connectivity index is 0.00000208. The molecule has 0 spiro atoms. The number of carbonyl (C=O) groups excluding carboxylic acids is 3. The Labute approximate surface area is 148 Å². The van der Waals surface area contributed by atoms with Crippen LogP contribution in [0.4, 0.5) is 4.79 Å². The SMILES string of the molecule is CC1(C2CCN(C(=O)C[C@@H]3CCC[C@H]3N)CC2)NC(=O)NC1=O.Cl. The van der Waals surface area contributed by atoms with E-state index in [2.05, 4.69) is 10.6 Å². The number of amides is 4. The summed E-state index contributed by atoms with van der Waals surface area (Å²) in [6.07, 6.45) is 5.19. The molecule has 0 bridgehead atoms. The van der Waals surface area contributed by atoms with Gasteiger partial charge in [0, 0.05) is 25.6 Å². The van der Waals surface area contributed by atoms with E-state index < -0.39 is 11.6 Å². The Kier molecular flexibility index (Phi) is 5.75. The highest BCUT2D eigenvalue weighted by Gasteiger charge is 2.48. The van der Waals surface area contributed by atoms with Crippen molar-refractivity contribution in [3.63, 3.8) is 0 Å². The van der Waals surface area contributed by atoms with Gasteiger partial charge in [0.1, 0.15) is 5.54 Å². The normalized spacial score (nSPS) is 33.8. The fourth-order valence-corrected chi connectivity index (χ4v) is 4.22. The van der Waals surface area contributed by atoms with Gasteiger partial charge in [-0.3, -0.25) is 14.9 Å². The number of imide groups is 1. The van der Waals surface area contributed by atoms with Gasteiger partial charge in [-0.2, -0.15) is 0 Å². The number of urea groups is 1. The number of nitrogens with two attached hydrogens (primary N) is 1. The first kappa shape index (κ1) is 19.0. The van der Waals surface area contributed by atoms with Crippen LogP contribution in [0.3, 0.4) is 0 Å². The molecule has 0 radical (unpaired) electrons. The van der Waals surface area contributed by atoms with Gasteiger partial charge in [-0.05, 0) is 44.4 Å². The van der Waals surface area contributed by atoms with Crippen LogP contribution in [-0.2, 0) is 9.59 Å². The van der Waals surface area contributed by atoms with Gasteiger partial charge in [0.2, 0.25) is 5.91 Å². The van der Waals surface area contributed by atoms with Gasteiger partial charge < -0.3 is 16.0 Å². The molecule has 0 aromatic carbocycles. The van der Waals surface area contributed by atoms with Crippen LogP contribution in [-0.4, -0.2) is 47.4 Å². The predicted molar refractivity (Wildman–Crippen MR) is 91.6 cm³/mol. The monoisotopic (exact) mass is 358 g/mol. The number of likely N-dealkylation sites (tertiary alicyclic amines) is 1. The standard InChI is InChI=1S/C16H26N4O3.ClH/c1-16(14(22)18-15(23)19-16)11-5-7-20(8-6-11)13(21)9-10-3-2-4-12(10)17;/h10-12H,2-9,17H2,1H3,(H2,18,19,22,23);1H/t10-,12+,16?;/m0./s1. The molecule has 4 N–H and O–H groups in total. The Morgan fingerprint density at radius 2 is 1.92 bits per heavy atom. The molecule has 3 rings (SSSR count). The predicted octanol–water partition coefficient (Wildman–Crippen LogP) is 0.762. The van der Waals surface area contributed by atoms with E-state index in [-0.39, 0.29) is 36.2 Å². The number of piperidine rings is 1. The first-order chi connectivity index (χ1) is 10.9. The second-order valence-electron chi connectivity index (χ2n) is 7.32. The number of halogens is 1. The highest BCUT2D eigenvalue weighted by molar-refractivity contribution is 6.07. The number of hydrogen-bond donors (Lipinski definition) is 3. The molecule has 7 nitrogen and oxygen atoms in total. The summed E-state index contributed by atoms with van der Waals surface area (Å²) in [5, 5.41) is 5.05.